The first kappa shape index (κ1) is 20.3. The molecule has 0 saturated carbocycles. The Bertz CT molecular complexity index is 708. The van der Waals surface area contributed by atoms with Gasteiger partial charge in [-0.1, -0.05) is 42.5 Å². The molecule has 5 heteroatoms. The second kappa shape index (κ2) is 9.60. The van der Waals surface area contributed by atoms with Crippen molar-refractivity contribution < 1.29 is 9.53 Å². The first-order valence-corrected chi connectivity index (χ1v) is 8.98. The van der Waals surface area contributed by atoms with Gasteiger partial charge in [0.1, 0.15) is 11.9 Å². The minimum Gasteiger partial charge on any atom is -0.484 e. The van der Waals surface area contributed by atoms with Crippen LogP contribution >= 0.6 is 12.4 Å². The largest absolute Gasteiger partial charge is 0.484 e. The quantitative estimate of drug-likeness (QED) is 0.805. The maximum atomic E-state index is 12.6. The van der Waals surface area contributed by atoms with Gasteiger partial charge < -0.3 is 15.4 Å². The molecular weight excluding hydrogens is 348 g/mol. The van der Waals surface area contributed by atoms with Gasteiger partial charge in [0.05, 0.1) is 5.69 Å². The van der Waals surface area contributed by atoms with Gasteiger partial charge in [0.2, 0.25) is 5.91 Å². The number of carbonyl (C=O) groups is 1. The van der Waals surface area contributed by atoms with Crippen molar-refractivity contribution in [2.24, 2.45) is 5.92 Å². The Morgan fingerprint density at radius 2 is 1.85 bits per heavy atom. The van der Waals surface area contributed by atoms with Crippen molar-refractivity contribution in [2.45, 2.75) is 38.8 Å². The predicted octanol–water partition coefficient (Wildman–Crippen LogP) is 4.58. The summed E-state index contributed by atoms with van der Waals surface area (Å²) in [5.74, 6) is 0.835. The van der Waals surface area contributed by atoms with Crippen LogP contribution in [0.15, 0.2) is 54.6 Å². The van der Waals surface area contributed by atoms with E-state index in [1.54, 1.807) is 0 Å². The number of piperidine rings is 1. The number of halogens is 1. The summed E-state index contributed by atoms with van der Waals surface area (Å²) in [6.07, 6.45) is 1.66. The van der Waals surface area contributed by atoms with Crippen molar-refractivity contribution in [2.75, 3.05) is 11.9 Å². The number of para-hydroxylation sites is 2. The molecule has 0 aromatic heterocycles. The van der Waals surface area contributed by atoms with Crippen LogP contribution in [0.2, 0.25) is 0 Å². The van der Waals surface area contributed by atoms with Gasteiger partial charge in [-0.2, -0.15) is 0 Å². The lowest BCUT2D eigenvalue weighted by Crippen LogP contribution is -2.40. The van der Waals surface area contributed by atoms with E-state index < -0.39 is 0 Å². The fourth-order valence-electron chi connectivity index (χ4n) is 3.26. The Kier molecular flexibility index (Phi) is 7.49. The second-order valence-electron chi connectivity index (χ2n) is 6.73. The molecule has 1 heterocycles. The smallest absolute Gasteiger partial charge is 0.227 e. The van der Waals surface area contributed by atoms with Crippen LogP contribution in [0.4, 0.5) is 5.69 Å². The molecule has 3 rings (SSSR count). The molecule has 1 unspecified atom stereocenters. The molecular formula is C21H27ClN2O2. The average Bonchev–Trinajstić information content (AvgIpc) is 2.64. The molecule has 140 valence electrons. The zero-order chi connectivity index (χ0) is 17.6. The molecule has 1 saturated heterocycles. The lowest BCUT2D eigenvalue weighted by Gasteiger charge is -2.27. The predicted molar refractivity (Wildman–Crippen MR) is 108 cm³/mol. The minimum absolute atomic E-state index is 0. The summed E-state index contributed by atoms with van der Waals surface area (Å²) in [4.78, 5) is 12.6. The lowest BCUT2D eigenvalue weighted by atomic mass is 9.92. The third kappa shape index (κ3) is 5.23. The van der Waals surface area contributed by atoms with E-state index in [-0.39, 0.29) is 30.3 Å². The van der Waals surface area contributed by atoms with Crippen molar-refractivity contribution in [1.82, 2.24) is 5.32 Å². The first-order chi connectivity index (χ1) is 12.1. The van der Waals surface area contributed by atoms with Crippen LogP contribution < -0.4 is 15.4 Å². The van der Waals surface area contributed by atoms with Gasteiger partial charge >= 0.3 is 0 Å². The number of amides is 1. The minimum atomic E-state index is -0.0850. The van der Waals surface area contributed by atoms with Gasteiger partial charge in [0, 0.05) is 12.0 Å². The van der Waals surface area contributed by atoms with Crippen molar-refractivity contribution in [1.29, 1.82) is 0 Å². The van der Waals surface area contributed by atoms with Crippen molar-refractivity contribution in [3.63, 3.8) is 0 Å². The maximum absolute atomic E-state index is 12.6. The summed E-state index contributed by atoms with van der Waals surface area (Å²) in [6, 6.07) is 18.1. The fraction of sp³-hybridized carbons (Fsp3) is 0.381. The monoisotopic (exact) mass is 374 g/mol. The molecule has 1 aliphatic rings. The van der Waals surface area contributed by atoms with Gasteiger partial charge in [0.15, 0.2) is 0 Å². The van der Waals surface area contributed by atoms with Crippen molar-refractivity contribution in [3.8, 4) is 5.75 Å². The van der Waals surface area contributed by atoms with E-state index >= 15 is 0 Å². The highest BCUT2D eigenvalue weighted by molar-refractivity contribution is 5.94. The molecule has 1 fully saturated rings. The van der Waals surface area contributed by atoms with E-state index in [1.807, 2.05) is 61.5 Å². The first-order valence-electron chi connectivity index (χ1n) is 8.98. The van der Waals surface area contributed by atoms with E-state index in [1.165, 1.54) is 0 Å². The molecule has 3 atom stereocenters. The number of benzene rings is 2. The number of anilines is 1. The molecule has 2 aromatic rings. The van der Waals surface area contributed by atoms with Crippen LogP contribution in [0.5, 0.6) is 5.75 Å². The number of hydrogen-bond acceptors (Lipinski definition) is 3. The molecule has 1 amide bonds. The van der Waals surface area contributed by atoms with Crippen LogP contribution in [0.25, 0.3) is 0 Å². The van der Waals surface area contributed by atoms with Crippen LogP contribution in [-0.2, 0) is 4.79 Å². The van der Waals surface area contributed by atoms with Crippen LogP contribution in [0.1, 0.15) is 38.4 Å². The molecule has 1 aliphatic heterocycles. The van der Waals surface area contributed by atoms with E-state index in [2.05, 4.69) is 17.6 Å². The summed E-state index contributed by atoms with van der Waals surface area (Å²) in [5, 5.41) is 6.45. The van der Waals surface area contributed by atoms with Gasteiger partial charge in [-0.25, -0.2) is 0 Å². The van der Waals surface area contributed by atoms with E-state index in [0.717, 1.165) is 30.6 Å². The summed E-state index contributed by atoms with van der Waals surface area (Å²) in [5.41, 5.74) is 1.84. The van der Waals surface area contributed by atoms with Gasteiger partial charge in [-0.05, 0) is 50.9 Å². The summed E-state index contributed by atoms with van der Waals surface area (Å²) >= 11 is 0. The maximum Gasteiger partial charge on any atom is 0.227 e. The van der Waals surface area contributed by atoms with Crippen LogP contribution in [0, 0.1) is 5.92 Å². The van der Waals surface area contributed by atoms with Crippen molar-refractivity contribution >= 4 is 24.0 Å². The Labute approximate surface area is 161 Å². The molecule has 0 aliphatic carbocycles. The molecule has 0 radical (unpaired) electrons. The Morgan fingerprint density at radius 3 is 2.58 bits per heavy atom. The normalized spacial score (nSPS) is 20.5. The Morgan fingerprint density at radius 1 is 1.15 bits per heavy atom. The van der Waals surface area contributed by atoms with E-state index in [0.29, 0.717) is 11.8 Å². The third-order valence-corrected chi connectivity index (χ3v) is 4.71. The highest BCUT2D eigenvalue weighted by Gasteiger charge is 2.25. The van der Waals surface area contributed by atoms with E-state index in [9.17, 15) is 4.79 Å². The summed E-state index contributed by atoms with van der Waals surface area (Å²) in [7, 11) is 0. The Balaban J connectivity index is 0.00000243. The van der Waals surface area contributed by atoms with Gasteiger partial charge in [-0.3, -0.25) is 4.79 Å². The lowest BCUT2D eigenvalue weighted by molar-refractivity contribution is -0.120. The SMILES string of the molecule is CC(Oc1ccccc1NC(=O)[C@H]1CCN[C@@H](C)C1)c1ccccc1.Cl. The van der Waals surface area contributed by atoms with E-state index in [4.69, 9.17) is 4.74 Å². The molecule has 2 aromatic carbocycles. The molecule has 2 N–H and O–H groups in total. The molecule has 0 bridgehead atoms. The van der Waals surface area contributed by atoms with Gasteiger partial charge in [0.25, 0.3) is 0 Å². The Hall–Kier alpha value is -2.04. The zero-order valence-corrected chi connectivity index (χ0v) is 16.1. The number of carbonyl (C=O) groups excluding carboxylic acids is 1. The highest BCUT2D eigenvalue weighted by Crippen LogP contribution is 2.30. The number of ether oxygens (including phenoxy) is 1. The number of rotatable bonds is 5. The summed E-state index contributed by atoms with van der Waals surface area (Å²) < 4.78 is 6.11. The zero-order valence-electron chi connectivity index (χ0n) is 15.3. The fourth-order valence-corrected chi connectivity index (χ4v) is 3.26. The van der Waals surface area contributed by atoms with Crippen LogP contribution in [0.3, 0.4) is 0 Å². The topological polar surface area (TPSA) is 50.4 Å². The summed E-state index contributed by atoms with van der Waals surface area (Å²) in [6.45, 7) is 5.03. The number of nitrogens with one attached hydrogen (secondary N) is 2. The second-order valence-corrected chi connectivity index (χ2v) is 6.73. The number of hydrogen-bond donors (Lipinski definition) is 2. The molecule has 4 nitrogen and oxygen atoms in total. The molecule has 0 spiro atoms. The third-order valence-electron chi connectivity index (χ3n) is 4.71. The van der Waals surface area contributed by atoms with Gasteiger partial charge in [-0.15, -0.1) is 12.4 Å². The average molecular weight is 375 g/mol. The standard InChI is InChI=1S/C21H26N2O2.ClH/c1-15-14-18(12-13-22-15)21(24)23-19-10-6-7-11-20(19)25-16(2)17-8-4-3-5-9-17;/h3-11,15-16,18,22H,12-14H2,1-2H3,(H,23,24);1H/t15-,16?,18-;/m0./s1. The van der Waals surface area contributed by atoms with Crippen LogP contribution in [-0.4, -0.2) is 18.5 Å². The molecule has 26 heavy (non-hydrogen) atoms. The van der Waals surface area contributed by atoms with Crippen molar-refractivity contribution in [3.05, 3.63) is 60.2 Å². The highest BCUT2D eigenvalue weighted by atomic mass is 35.5.